The molecule has 2 aromatic heterocycles. The van der Waals surface area contributed by atoms with Crippen LogP contribution in [0.15, 0.2) is 59.8 Å². The van der Waals surface area contributed by atoms with Crippen molar-refractivity contribution in [1.29, 1.82) is 0 Å². The lowest BCUT2D eigenvalue weighted by molar-refractivity contribution is 0.0618. The van der Waals surface area contributed by atoms with Gasteiger partial charge in [-0.15, -0.1) is 0 Å². The minimum Gasteiger partial charge on any atom is -0.336 e. The number of nitrogens with zero attached hydrogens (tertiary/aromatic N) is 4. The molecular weight excluding hydrogens is 366 g/mol. The maximum Gasteiger partial charge on any atom is 0.263 e. The van der Waals surface area contributed by atoms with Gasteiger partial charge in [-0.05, 0) is 24.6 Å². The summed E-state index contributed by atoms with van der Waals surface area (Å²) >= 11 is 0. The minimum atomic E-state index is -0.267. The Morgan fingerprint density at radius 2 is 2.10 bits per heavy atom. The maximum atomic E-state index is 13.3. The molecule has 4 rings (SSSR count). The van der Waals surface area contributed by atoms with Gasteiger partial charge in [0.25, 0.3) is 11.5 Å². The van der Waals surface area contributed by atoms with Crippen LogP contribution >= 0.6 is 0 Å². The SMILES string of the molecule is Cc1cccc(Cn2cccc(C(=O)N3CCNCC3c3nccn3C)c2=O)c1. The Hall–Kier alpha value is -3.19. The number of carbonyl (C=O) groups excluding carboxylic acids is 1. The molecule has 1 N–H and O–H groups in total. The van der Waals surface area contributed by atoms with Crippen molar-refractivity contribution < 1.29 is 4.79 Å². The molecule has 1 aliphatic rings. The van der Waals surface area contributed by atoms with Crippen molar-refractivity contribution in [3.05, 3.63) is 87.9 Å². The first-order valence-electron chi connectivity index (χ1n) is 9.78. The fourth-order valence-corrected chi connectivity index (χ4v) is 3.86. The Balaban J connectivity index is 1.64. The van der Waals surface area contributed by atoms with Crippen molar-refractivity contribution in [1.82, 2.24) is 24.3 Å². The number of hydrogen-bond acceptors (Lipinski definition) is 4. The van der Waals surface area contributed by atoms with E-state index in [0.29, 0.717) is 26.2 Å². The summed E-state index contributed by atoms with van der Waals surface area (Å²) in [5.41, 5.74) is 2.10. The van der Waals surface area contributed by atoms with Gasteiger partial charge in [-0.2, -0.15) is 0 Å². The third-order valence-electron chi connectivity index (χ3n) is 5.35. The van der Waals surface area contributed by atoms with Crippen LogP contribution in [0.25, 0.3) is 0 Å². The molecule has 1 atom stereocenters. The molecule has 150 valence electrons. The van der Waals surface area contributed by atoms with E-state index in [1.54, 1.807) is 34.0 Å². The molecule has 0 radical (unpaired) electrons. The number of pyridine rings is 1. The zero-order chi connectivity index (χ0) is 20.4. The molecule has 29 heavy (non-hydrogen) atoms. The van der Waals surface area contributed by atoms with Gasteiger partial charge in [0.1, 0.15) is 17.4 Å². The molecule has 7 nitrogen and oxygen atoms in total. The van der Waals surface area contributed by atoms with Crippen molar-refractivity contribution in [2.45, 2.75) is 19.5 Å². The second-order valence-electron chi connectivity index (χ2n) is 7.46. The lowest BCUT2D eigenvalue weighted by Gasteiger charge is -2.35. The van der Waals surface area contributed by atoms with Gasteiger partial charge in [-0.25, -0.2) is 4.98 Å². The van der Waals surface area contributed by atoms with Crippen LogP contribution in [0.1, 0.15) is 33.4 Å². The number of imidazole rings is 1. The van der Waals surface area contributed by atoms with Crippen LogP contribution in [-0.2, 0) is 13.6 Å². The standard InChI is InChI=1S/C22H25N5O2/c1-16-5-3-6-17(13-16)15-26-10-4-7-18(21(26)28)22(29)27-12-8-23-14-19(27)20-24-9-11-25(20)2/h3-7,9-11,13,19,23H,8,12,14-15H2,1-2H3. The smallest absolute Gasteiger partial charge is 0.263 e. The lowest BCUT2D eigenvalue weighted by Crippen LogP contribution is -2.50. The summed E-state index contributed by atoms with van der Waals surface area (Å²) in [4.78, 5) is 32.6. The normalized spacial score (nSPS) is 16.8. The number of amides is 1. The quantitative estimate of drug-likeness (QED) is 0.735. The van der Waals surface area contributed by atoms with Gasteiger partial charge in [0, 0.05) is 45.3 Å². The highest BCUT2D eigenvalue weighted by Crippen LogP contribution is 2.22. The zero-order valence-electron chi connectivity index (χ0n) is 16.7. The highest BCUT2D eigenvalue weighted by molar-refractivity contribution is 5.94. The van der Waals surface area contributed by atoms with E-state index in [1.165, 1.54) is 0 Å². The number of rotatable bonds is 4. The predicted molar refractivity (Wildman–Crippen MR) is 111 cm³/mol. The number of piperazine rings is 1. The van der Waals surface area contributed by atoms with E-state index in [9.17, 15) is 9.59 Å². The van der Waals surface area contributed by atoms with Gasteiger partial charge in [0.15, 0.2) is 0 Å². The molecule has 7 heteroatoms. The van der Waals surface area contributed by atoms with E-state index in [2.05, 4.69) is 10.3 Å². The Morgan fingerprint density at radius 1 is 1.24 bits per heavy atom. The van der Waals surface area contributed by atoms with E-state index in [4.69, 9.17) is 0 Å². The first-order chi connectivity index (χ1) is 14.0. The summed E-state index contributed by atoms with van der Waals surface area (Å²) in [5, 5.41) is 3.32. The van der Waals surface area contributed by atoms with E-state index in [1.807, 2.05) is 49.0 Å². The summed E-state index contributed by atoms with van der Waals surface area (Å²) in [6.07, 6.45) is 5.32. The molecule has 0 bridgehead atoms. The number of aryl methyl sites for hydroxylation is 2. The van der Waals surface area contributed by atoms with Crippen LogP contribution in [0, 0.1) is 6.92 Å². The molecule has 0 aliphatic carbocycles. The van der Waals surface area contributed by atoms with E-state index in [0.717, 1.165) is 17.0 Å². The van der Waals surface area contributed by atoms with Gasteiger partial charge < -0.3 is 19.4 Å². The number of hydrogen-bond donors (Lipinski definition) is 1. The van der Waals surface area contributed by atoms with Gasteiger partial charge in [0.2, 0.25) is 0 Å². The van der Waals surface area contributed by atoms with Gasteiger partial charge in [-0.3, -0.25) is 9.59 Å². The monoisotopic (exact) mass is 391 g/mol. The largest absolute Gasteiger partial charge is 0.336 e. The molecule has 3 heterocycles. The molecule has 1 unspecified atom stereocenters. The third-order valence-corrected chi connectivity index (χ3v) is 5.35. The molecular formula is C22H25N5O2. The summed E-state index contributed by atoms with van der Waals surface area (Å²) in [6.45, 7) is 4.29. The summed E-state index contributed by atoms with van der Waals surface area (Å²) in [7, 11) is 1.91. The number of benzene rings is 1. The highest BCUT2D eigenvalue weighted by Gasteiger charge is 2.32. The average molecular weight is 391 g/mol. The Morgan fingerprint density at radius 3 is 2.86 bits per heavy atom. The third kappa shape index (κ3) is 3.86. The van der Waals surface area contributed by atoms with Crippen LogP contribution in [0.3, 0.4) is 0 Å². The minimum absolute atomic E-state index is 0.196. The lowest BCUT2D eigenvalue weighted by atomic mass is 10.1. The predicted octanol–water partition coefficient (Wildman–Crippen LogP) is 1.73. The fraction of sp³-hybridized carbons (Fsp3) is 0.318. The molecule has 3 aromatic rings. The fourth-order valence-electron chi connectivity index (χ4n) is 3.86. The zero-order valence-corrected chi connectivity index (χ0v) is 16.7. The van der Waals surface area contributed by atoms with E-state index >= 15 is 0 Å². The van der Waals surface area contributed by atoms with Crippen molar-refractivity contribution in [2.75, 3.05) is 19.6 Å². The van der Waals surface area contributed by atoms with Crippen LogP contribution in [0.4, 0.5) is 0 Å². The average Bonchev–Trinajstić information content (AvgIpc) is 3.15. The number of carbonyl (C=O) groups is 1. The molecule has 1 fully saturated rings. The van der Waals surface area contributed by atoms with Crippen molar-refractivity contribution in [3.63, 3.8) is 0 Å². The summed E-state index contributed by atoms with van der Waals surface area (Å²) < 4.78 is 3.51. The first-order valence-corrected chi connectivity index (χ1v) is 9.78. The highest BCUT2D eigenvalue weighted by atomic mass is 16.2. The second-order valence-corrected chi connectivity index (χ2v) is 7.46. The van der Waals surface area contributed by atoms with Crippen molar-refractivity contribution in [2.24, 2.45) is 7.05 Å². The number of aromatic nitrogens is 3. The van der Waals surface area contributed by atoms with Crippen molar-refractivity contribution in [3.8, 4) is 0 Å². The summed E-state index contributed by atoms with van der Waals surface area (Å²) in [6, 6.07) is 11.2. The van der Waals surface area contributed by atoms with Gasteiger partial charge >= 0.3 is 0 Å². The van der Waals surface area contributed by atoms with Crippen LogP contribution < -0.4 is 10.9 Å². The second kappa shape index (κ2) is 8.05. The Bertz CT molecular complexity index is 1080. The van der Waals surface area contributed by atoms with Crippen molar-refractivity contribution >= 4 is 5.91 Å². The summed E-state index contributed by atoms with van der Waals surface area (Å²) in [5.74, 6) is 0.560. The molecule has 1 aromatic carbocycles. The van der Waals surface area contributed by atoms with Crippen LogP contribution in [0.5, 0.6) is 0 Å². The van der Waals surface area contributed by atoms with Gasteiger partial charge in [-0.1, -0.05) is 29.8 Å². The Kier molecular flexibility index (Phi) is 5.31. The van der Waals surface area contributed by atoms with E-state index < -0.39 is 0 Å². The van der Waals surface area contributed by atoms with Crippen LogP contribution in [0.2, 0.25) is 0 Å². The number of nitrogens with one attached hydrogen (secondary N) is 1. The molecule has 1 amide bonds. The van der Waals surface area contributed by atoms with Crippen LogP contribution in [-0.4, -0.2) is 44.6 Å². The van der Waals surface area contributed by atoms with E-state index in [-0.39, 0.29) is 23.1 Å². The first kappa shape index (κ1) is 19.1. The molecule has 1 aliphatic heterocycles. The molecule has 1 saturated heterocycles. The van der Waals surface area contributed by atoms with Gasteiger partial charge in [0.05, 0.1) is 6.54 Å². The topological polar surface area (TPSA) is 72.2 Å². The Labute approximate surface area is 169 Å². The maximum absolute atomic E-state index is 13.3. The molecule has 0 spiro atoms. The molecule has 0 saturated carbocycles.